The average Bonchev–Trinajstić information content (AvgIpc) is 2.17. The zero-order valence-corrected chi connectivity index (χ0v) is 14.5. The smallest absolute Gasteiger partial charge is 0.559 e. The minimum absolute atomic E-state index is 0. The summed E-state index contributed by atoms with van der Waals surface area (Å²) in [5.74, 6) is 0. The molecule has 0 aromatic rings. The summed E-state index contributed by atoms with van der Waals surface area (Å²) >= 11 is 0. The van der Waals surface area contributed by atoms with Gasteiger partial charge in [0.15, 0.2) is 0 Å². The van der Waals surface area contributed by atoms with E-state index in [2.05, 4.69) is 21.0 Å². The molecule has 0 N–H and O–H groups in total. The van der Waals surface area contributed by atoms with Crippen LogP contribution in [0.25, 0.3) is 0 Å². The summed E-state index contributed by atoms with van der Waals surface area (Å²) in [5.41, 5.74) is 0. The van der Waals surface area contributed by atoms with Gasteiger partial charge >= 0.3 is 8.80 Å². The summed E-state index contributed by atoms with van der Waals surface area (Å²) in [4.78, 5) is 0. The molecule has 0 fully saturated rings. The monoisotopic (exact) mass is 299 g/mol. The molecule has 0 aliphatic rings. The Morgan fingerprint density at radius 3 is 1.50 bits per heavy atom. The van der Waals surface area contributed by atoms with Crippen LogP contribution in [0.5, 0.6) is 0 Å². The summed E-state index contributed by atoms with van der Waals surface area (Å²) < 4.78 is 18.5. The molecule has 0 amide bonds. The molecule has 0 aliphatic heterocycles. The highest BCUT2D eigenvalue weighted by molar-refractivity contribution is 6.60. The van der Waals surface area contributed by atoms with Crippen LogP contribution in [0.1, 0.15) is 34.1 Å². The lowest BCUT2D eigenvalue weighted by atomic mass is 10.4. The number of quaternary nitrogens is 1. The Morgan fingerprint density at radius 2 is 1.22 bits per heavy atom. The Bertz CT molecular complexity index is 189. The van der Waals surface area contributed by atoms with Crippen LogP contribution in [0.4, 0.5) is 0 Å². The molecule has 0 aliphatic carbocycles. The zero-order valence-electron chi connectivity index (χ0n) is 12.8. The first-order valence-electron chi connectivity index (χ1n) is 6.69. The lowest BCUT2D eigenvalue weighted by molar-refractivity contribution is -0.882. The van der Waals surface area contributed by atoms with Gasteiger partial charge in [-0.25, -0.2) is 0 Å². The number of rotatable bonds is 10. The topological polar surface area (TPSA) is 27.7 Å². The third-order valence-corrected chi connectivity index (χ3v) is 5.97. The van der Waals surface area contributed by atoms with E-state index in [0.717, 1.165) is 23.6 Å². The van der Waals surface area contributed by atoms with Gasteiger partial charge in [-0.3, -0.25) is 0 Å². The van der Waals surface area contributed by atoms with Crippen LogP contribution >= 0.6 is 0 Å². The molecule has 18 heavy (non-hydrogen) atoms. The van der Waals surface area contributed by atoms with E-state index in [4.69, 9.17) is 13.3 Å². The molecule has 0 saturated carbocycles. The van der Waals surface area contributed by atoms with Crippen molar-refractivity contribution in [2.24, 2.45) is 0 Å². The fourth-order valence-electron chi connectivity index (χ4n) is 2.13. The van der Waals surface area contributed by atoms with Crippen molar-refractivity contribution in [1.82, 2.24) is 0 Å². The highest BCUT2D eigenvalue weighted by Gasteiger charge is 2.47. The van der Waals surface area contributed by atoms with Gasteiger partial charge < -0.3 is 30.2 Å². The number of hydrogen-bond donors (Lipinski definition) is 0. The highest BCUT2D eigenvalue weighted by Crippen LogP contribution is 2.15. The van der Waals surface area contributed by atoms with Crippen molar-refractivity contribution in [2.45, 2.75) is 34.1 Å². The SMILES string of the molecule is CCC[N+](C)(C)C[Si](OCC)(OCC)OCC.[Cl-]. The van der Waals surface area contributed by atoms with Crippen LogP contribution in [0.2, 0.25) is 0 Å². The Hall–Kier alpha value is 0.347. The predicted octanol–water partition coefficient (Wildman–Crippen LogP) is -0.936. The van der Waals surface area contributed by atoms with Crippen LogP contribution < -0.4 is 12.4 Å². The molecular weight excluding hydrogens is 270 g/mol. The summed E-state index contributed by atoms with van der Waals surface area (Å²) in [5, 5.41) is 0. The first kappa shape index (κ1) is 20.7. The van der Waals surface area contributed by atoms with Gasteiger partial charge in [0.2, 0.25) is 0 Å². The summed E-state index contributed by atoms with van der Waals surface area (Å²) in [6, 6.07) is 0. The van der Waals surface area contributed by atoms with Crippen molar-refractivity contribution in [2.75, 3.05) is 46.6 Å². The molecular formula is C12H30ClNO3Si. The van der Waals surface area contributed by atoms with E-state index in [1.165, 1.54) is 0 Å². The number of halogens is 1. The maximum atomic E-state index is 5.87. The number of nitrogens with zero attached hydrogens (tertiary/aromatic N) is 1. The second-order valence-corrected chi connectivity index (χ2v) is 7.35. The molecule has 0 unspecified atom stereocenters. The third kappa shape index (κ3) is 7.71. The standard InChI is InChI=1S/C12H30NO3Si.ClH/c1-7-11-13(5,6)12-17(14-8-2,15-9-3)16-10-4;/h7-12H2,1-6H3;1H/q+1;/p-1. The van der Waals surface area contributed by atoms with Gasteiger partial charge in [0, 0.05) is 19.8 Å². The largest absolute Gasteiger partial charge is 1.00 e. The summed E-state index contributed by atoms with van der Waals surface area (Å²) in [6.45, 7) is 11.3. The normalized spacial score (nSPS) is 12.3. The first-order chi connectivity index (χ1) is 7.95. The zero-order chi connectivity index (χ0) is 13.4. The van der Waals surface area contributed by atoms with Crippen molar-refractivity contribution in [3.63, 3.8) is 0 Å². The minimum atomic E-state index is -2.50. The van der Waals surface area contributed by atoms with Crippen LogP contribution in [-0.2, 0) is 13.3 Å². The second-order valence-electron chi connectivity index (χ2n) is 4.80. The van der Waals surface area contributed by atoms with E-state index >= 15 is 0 Å². The van der Waals surface area contributed by atoms with Crippen molar-refractivity contribution >= 4 is 8.80 Å². The summed E-state index contributed by atoms with van der Waals surface area (Å²) in [7, 11) is 1.93. The Balaban J connectivity index is 0. The highest BCUT2D eigenvalue weighted by atomic mass is 35.5. The molecule has 0 radical (unpaired) electrons. The Labute approximate surface area is 120 Å². The first-order valence-corrected chi connectivity index (χ1v) is 8.62. The van der Waals surface area contributed by atoms with Crippen molar-refractivity contribution in [3.05, 3.63) is 0 Å². The van der Waals surface area contributed by atoms with Crippen molar-refractivity contribution in [1.29, 1.82) is 0 Å². The fraction of sp³-hybridized carbons (Fsp3) is 1.00. The van der Waals surface area contributed by atoms with Crippen LogP contribution in [0.3, 0.4) is 0 Å². The molecule has 4 nitrogen and oxygen atoms in total. The summed E-state index contributed by atoms with van der Waals surface area (Å²) in [6.07, 6.45) is 2.00. The molecule has 0 rings (SSSR count). The van der Waals surface area contributed by atoms with E-state index < -0.39 is 8.80 Å². The van der Waals surface area contributed by atoms with Gasteiger partial charge in [0.25, 0.3) is 0 Å². The second kappa shape index (κ2) is 10.2. The van der Waals surface area contributed by atoms with Gasteiger partial charge in [0.05, 0.1) is 20.6 Å². The van der Waals surface area contributed by atoms with Crippen molar-refractivity contribution in [3.8, 4) is 0 Å². The van der Waals surface area contributed by atoms with Crippen molar-refractivity contribution < 1.29 is 30.2 Å². The van der Waals surface area contributed by atoms with Gasteiger partial charge in [-0.05, 0) is 27.2 Å². The molecule has 0 heterocycles. The molecule has 0 saturated heterocycles. The Morgan fingerprint density at radius 1 is 0.833 bits per heavy atom. The van der Waals surface area contributed by atoms with E-state index in [9.17, 15) is 0 Å². The minimum Gasteiger partial charge on any atom is -1.00 e. The molecule has 0 bridgehead atoms. The molecule has 0 spiro atoms. The van der Waals surface area contributed by atoms with Gasteiger partial charge in [0.1, 0.15) is 6.17 Å². The van der Waals surface area contributed by atoms with E-state index in [1.54, 1.807) is 0 Å². The Kier molecular flexibility index (Phi) is 11.7. The molecule has 0 atom stereocenters. The molecule has 0 aromatic carbocycles. The quantitative estimate of drug-likeness (QED) is 0.385. The third-order valence-electron chi connectivity index (χ3n) is 2.54. The number of hydrogen-bond acceptors (Lipinski definition) is 3. The van der Waals surface area contributed by atoms with Gasteiger partial charge in [-0.15, -0.1) is 0 Å². The molecule has 6 heteroatoms. The van der Waals surface area contributed by atoms with Crippen LogP contribution in [-0.4, -0.2) is 59.9 Å². The molecule has 0 aromatic heterocycles. The fourth-order valence-corrected chi connectivity index (χ4v) is 5.18. The lowest BCUT2D eigenvalue weighted by Gasteiger charge is -2.37. The van der Waals surface area contributed by atoms with E-state index in [1.807, 2.05) is 20.8 Å². The van der Waals surface area contributed by atoms with E-state index in [-0.39, 0.29) is 12.4 Å². The lowest BCUT2D eigenvalue weighted by Crippen LogP contribution is -3.00. The predicted molar refractivity (Wildman–Crippen MR) is 72.8 cm³/mol. The van der Waals surface area contributed by atoms with Crippen LogP contribution in [0.15, 0.2) is 0 Å². The van der Waals surface area contributed by atoms with Gasteiger partial charge in [-0.2, -0.15) is 0 Å². The molecule has 112 valence electrons. The maximum Gasteiger partial charge on any atom is 0.559 e. The van der Waals surface area contributed by atoms with E-state index in [0.29, 0.717) is 19.8 Å². The van der Waals surface area contributed by atoms with Crippen LogP contribution in [0, 0.1) is 0 Å². The average molecular weight is 300 g/mol. The van der Waals surface area contributed by atoms with Gasteiger partial charge in [-0.1, -0.05) is 6.92 Å². The maximum absolute atomic E-state index is 5.87.